The molecule has 0 amide bonds. The zero-order valence-electron chi connectivity index (χ0n) is 16.3. The molecule has 5 aromatic rings. The Labute approximate surface area is 193 Å². The molecule has 30 heavy (non-hydrogen) atoms. The Hall–Kier alpha value is -2.00. The van der Waals surface area contributed by atoms with Crippen molar-refractivity contribution in [2.24, 2.45) is 0 Å². The van der Waals surface area contributed by atoms with Gasteiger partial charge in [-0.2, -0.15) is 0 Å². The molecule has 0 saturated heterocycles. The smallest absolute Gasteiger partial charge is 0.0635 e. The Bertz CT molecular complexity index is 1150. The second kappa shape index (κ2) is 12.0. The number of rotatable bonds is 2. The van der Waals surface area contributed by atoms with Crippen LogP contribution in [0.4, 0.5) is 0 Å². The molecular weight excluding hydrogens is 447 g/mol. The molecule has 0 unspecified atom stereocenters. The summed E-state index contributed by atoms with van der Waals surface area (Å²) in [7, 11) is 9.78. The number of hydrogen-bond acceptors (Lipinski definition) is 1. The number of halogens is 2. The van der Waals surface area contributed by atoms with E-state index in [0.717, 1.165) is 10.9 Å². The minimum Gasteiger partial charge on any atom is -0.145 e. The van der Waals surface area contributed by atoms with E-state index in [-0.39, 0.29) is 6.61 Å². The Morgan fingerprint density at radius 1 is 0.700 bits per heavy atom. The van der Waals surface area contributed by atoms with Crippen LogP contribution in [-0.4, -0.2) is 5.11 Å². The van der Waals surface area contributed by atoms with Gasteiger partial charge in [-0.05, 0) is 16.3 Å². The van der Waals surface area contributed by atoms with Gasteiger partial charge in [0.1, 0.15) is 0 Å². The number of benzene rings is 4. The number of fused-ring (bicyclic) bond motifs is 2. The van der Waals surface area contributed by atoms with Gasteiger partial charge >= 0.3 is 35.6 Å². The number of aliphatic hydroxyl groups is 1. The fourth-order valence-electron chi connectivity index (χ4n) is 3.38. The molecule has 150 valence electrons. The summed E-state index contributed by atoms with van der Waals surface area (Å²) in [6, 6.07) is 37.5. The van der Waals surface area contributed by atoms with Crippen LogP contribution in [0, 0.1) is 0 Å². The minimum absolute atomic E-state index is 0.112. The predicted molar refractivity (Wildman–Crippen MR) is 127 cm³/mol. The Balaban J connectivity index is 0.000000154. The summed E-state index contributed by atoms with van der Waals surface area (Å²) in [6.07, 6.45) is 0. The third-order valence-corrected chi connectivity index (χ3v) is 4.78. The molecule has 4 heteroatoms. The summed E-state index contributed by atoms with van der Waals surface area (Å²) in [6.45, 7) is 0.112. The van der Waals surface area contributed by atoms with Crippen molar-refractivity contribution in [2.45, 2.75) is 6.61 Å². The Morgan fingerprint density at radius 2 is 1.30 bits per heavy atom. The van der Waals surface area contributed by atoms with Gasteiger partial charge in [0.05, 0.1) is 6.61 Å². The van der Waals surface area contributed by atoms with E-state index in [4.69, 9.17) is 23.7 Å². The molecule has 0 aliphatic heterocycles. The van der Waals surface area contributed by atoms with Gasteiger partial charge in [0.25, 0.3) is 0 Å². The summed E-state index contributed by atoms with van der Waals surface area (Å²) in [4.78, 5) is 0. The van der Waals surface area contributed by atoms with Crippen molar-refractivity contribution in [3.63, 3.8) is 0 Å². The van der Waals surface area contributed by atoms with Crippen LogP contribution in [0.2, 0.25) is 0 Å². The summed E-state index contributed by atoms with van der Waals surface area (Å²) < 4.78 is 0. The number of aliphatic hydroxyl groups excluding tert-OH is 1. The van der Waals surface area contributed by atoms with E-state index in [1.54, 1.807) is 0 Å². The van der Waals surface area contributed by atoms with Crippen LogP contribution >= 0.6 is 18.6 Å². The van der Waals surface area contributed by atoms with Gasteiger partial charge in [0.15, 0.2) is 0 Å². The Kier molecular flexibility index (Phi) is 9.08. The Morgan fingerprint density at radius 3 is 2.00 bits per heavy atom. The molecule has 0 spiro atoms. The molecule has 0 bridgehead atoms. The first kappa shape index (κ1) is 22.7. The van der Waals surface area contributed by atoms with Crippen molar-refractivity contribution < 1.29 is 22.1 Å². The van der Waals surface area contributed by atoms with E-state index >= 15 is 0 Å². The fraction of sp³-hybridized carbons (Fsp3) is 0.0385. The van der Waals surface area contributed by atoms with E-state index in [1.807, 2.05) is 36.4 Å². The zero-order chi connectivity index (χ0) is 21.2. The first-order valence-corrected chi connectivity index (χ1v) is 13.8. The molecule has 5 rings (SSSR count). The third-order valence-electron chi connectivity index (χ3n) is 4.78. The molecule has 1 nitrogen and oxygen atoms in total. The van der Waals surface area contributed by atoms with E-state index in [2.05, 4.69) is 72.8 Å². The quantitative estimate of drug-likeness (QED) is 0.206. The van der Waals surface area contributed by atoms with Crippen LogP contribution in [0.5, 0.6) is 0 Å². The van der Waals surface area contributed by atoms with Gasteiger partial charge in [0.2, 0.25) is 0 Å². The molecule has 0 aromatic heterocycles. The largest absolute Gasteiger partial charge is 0.145 e. The summed E-state index contributed by atoms with van der Waals surface area (Å²) in [5, 5.41) is 14.0. The van der Waals surface area contributed by atoms with Crippen LogP contribution in [0.25, 0.3) is 32.7 Å². The molecule has 1 N–H and O–H groups in total. The van der Waals surface area contributed by atoms with E-state index in [0.29, 0.717) is 0 Å². The minimum atomic E-state index is -0.556. The van der Waals surface area contributed by atoms with Gasteiger partial charge in [-0.1, -0.05) is 96.6 Å². The van der Waals surface area contributed by atoms with Crippen molar-refractivity contribution >= 4 is 40.2 Å². The molecule has 0 fully saturated rings. The number of hydrogen-bond donors (Lipinski definition) is 1. The molecule has 0 aliphatic carbocycles. The second-order valence-electron chi connectivity index (χ2n) is 6.61. The topological polar surface area (TPSA) is 20.2 Å². The van der Waals surface area contributed by atoms with Crippen molar-refractivity contribution in [3.8, 4) is 11.1 Å². The van der Waals surface area contributed by atoms with Crippen molar-refractivity contribution in [1.29, 1.82) is 0 Å². The van der Waals surface area contributed by atoms with Crippen LogP contribution in [0.3, 0.4) is 0 Å². The second-order valence-corrected chi connectivity index (χ2v) is 9.19. The molecular formula is C26H21Cl2OTi-. The summed E-state index contributed by atoms with van der Waals surface area (Å²) in [5.41, 5.74) is 3.58. The standard InChI is InChI=1S/C15H11.C11H10O.2ClH.Ti/c1-2-6-12(7-3-1)15-10-13-8-4-5-9-14(13)11-15;12-8-10-6-3-5-9-4-1-2-7-11(9)10;;;/h1-11H;1-7,12H,8H2;2*1H;/q-1;;;;+2/p-2. The van der Waals surface area contributed by atoms with E-state index in [9.17, 15) is 0 Å². The third kappa shape index (κ3) is 6.01. The van der Waals surface area contributed by atoms with Gasteiger partial charge < -0.3 is 5.11 Å². The van der Waals surface area contributed by atoms with Crippen LogP contribution < -0.4 is 0 Å². The SMILES string of the molecule is OCc1cccc2ccccc12.[Cl][Ti][Cl].c1ccc(-c2cc3ccccc3[cH-]2)cc1. The maximum atomic E-state index is 9.04. The average molecular weight is 468 g/mol. The molecule has 0 aliphatic rings. The first-order valence-electron chi connectivity index (χ1n) is 9.51. The molecule has 0 radical (unpaired) electrons. The summed E-state index contributed by atoms with van der Waals surface area (Å²) >= 11 is -0.556. The van der Waals surface area contributed by atoms with Crippen molar-refractivity contribution in [3.05, 3.63) is 115 Å². The maximum absolute atomic E-state index is 9.04. The molecule has 0 heterocycles. The van der Waals surface area contributed by atoms with E-state index in [1.165, 1.54) is 27.3 Å². The average Bonchev–Trinajstić information content (AvgIpc) is 3.25. The van der Waals surface area contributed by atoms with Crippen molar-refractivity contribution in [2.75, 3.05) is 0 Å². The van der Waals surface area contributed by atoms with Gasteiger partial charge in [-0.25, -0.2) is 0 Å². The van der Waals surface area contributed by atoms with Crippen LogP contribution in [0.1, 0.15) is 5.56 Å². The zero-order valence-corrected chi connectivity index (χ0v) is 19.4. The fourth-order valence-corrected chi connectivity index (χ4v) is 3.38. The van der Waals surface area contributed by atoms with Gasteiger partial charge in [0, 0.05) is 0 Å². The van der Waals surface area contributed by atoms with Gasteiger partial charge in [-0.3, -0.25) is 0 Å². The van der Waals surface area contributed by atoms with Crippen LogP contribution in [0.15, 0.2) is 109 Å². The van der Waals surface area contributed by atoms with Crippen molar-refractivity contribution in [1.82, 2.24) is 0 Å². The normalized spacial score (nSPS) is 9.97. The maximum Gasteiger partial charge on any atom is -0.0635 e. The molecule has 0 saturated carbocycles. The van der Waals surface area contributed by atoms with Gasteiger partial charge in [-0.15, -0.1) is 34.5 Å². The predicted octanol–water partition coefficient (Wildman–Crippen LogP) is 7.93. The molecule has 5 aromatic carbocycles. The summed E-state index contributed by atoms with van der Waals surface area (Å²) in [5.74, 6) is 0. The molecule has 0 atom stereocenters. The monoisotopic (exact) mass is 467 g/mol. The van der Waals surface area contributed by atoms with E-state index < -0.39 is 17.0 Å². The van der Waals surface area contributed by atoms with Crippen LogP contribution in [-0.2, 0) is 23.6 Å². The first-order chi connectivity index (χ1) is 14.8.